The number of rotatable bonds is 6. The van der Waals surface area contributed by atoms with Gasteiger partial charge in [0, 0.05) is 19.3 Å². The van der Waals surface area contributed by atoms with Crippen LogP contribution < -0.4 is 10.0 Å². The maximum Gasteiger partial charge on any atom is 0.240 e. The SMILES string of the molecule is CCCCNS(=O)(=O)c1ccc(NC)cc1. The molecule has 0 radical (unpaired) electrons. The van der Waals surface area contributed by atoms with E-state index in [0.717, 1.165) is 18.5 Å². The number of hydrogen-bond donors (Lipinski definition) is 2. The molecule has 0 saturated carbocycles. The van der Waals surface area contributed by atoms with Gasteiger partial charge in [0.15, 0.2) is 0 Å². The predicted molar refractivity (Wildman–Crippen MR) is 66.1 cm³/mol. The highest BCUT2D eigenvalue weighted by molar-refractivity contribution is 7.89. The lowest BCUT2D eigenvalue weighted by atomic mass is 10.3. The highest BCUT2D eigenvalue weighted by Crippen LogP contribution is 2.13. The highest BCUT2D eigenvalue weighted by Gasteiger charge is 2.12. The second kappa shape index (κ2) is 5.86. The smallest absolute Gasteiger partial charge is 0.240 e. The van der Waals surface area contributed by atoms with Crippen molar-refractivity contribution in [1.29, 1.82) is 0 Å². The van der Waals surface area contributed by atoms with E-state index in [1.807, 2.05) is 6.92 Å². The predicted octanol–water partition coefficient (Wildman–Crippen LogP) is 1.81. The van der Waals surface area contributed by atoms with E-state index in [9.17, 15) is 8.42 Å². The summed E-state index contributed by atoms with van der Waals surface area (Å²) in [5.41, 5.74) is 0.896. The minimum atomic E-state index is -3.34. The molecule has 0 aliphatic rings. The van der Waals surface area contributed by atoms with Crippen molar-refractivity contribution in [3.05, 3.63) is 24.3 Å². The fourth-order valence-electron chi connectivity index (χ4n) is 1.27. The first-order valence-electron chi connectivity index (χ1n) is 5.37. The van der Waals surface area contributed by atoms with Gasteiger partial charge in [-0.25, -0.2) is 13.1 Å². The van der Waals surface area contributed by atoms with Gasteiger partial charge in [-0.3, -0.25) is 0 Å². The average Bonchev–Trinajstić information content (AvgIpc) is 2.29. The first kappa shape index (κ1) is 13.0. The van der Waals surface area contributed by atoms with Gasteiger partial charge in [-0.1, -0.05) is 13.3 Å². The number of nitrogens with one attached hydrogen (secondary N) is 2. The van der Waals surface area contributed by atoms with Gasteiger partial charge in [-0.15, -0.1) is 0 Å². The summed E-state index contributed by atoms with van der Waals surface area (Å²) in [6.07, 6.45) is 1.83. The fourth-order valence-corrected chi connectivity index (χ4v) is 2.34. The lowest BCUT2D eigenvalue weighted by Crippen LogP contribution is -2.24. The van der Waals surface area contributed by atoms with Gasteiger partial charge in [0.05, 0.1) is 4.90 Å². The third-order valence-corrected chi connectivity index (χ3v) is 3.75. The Morgan fingerprint density at radius 1 is 1.19 bits per heavy atom. The molecule has 0 atom stereocenters. The van der Waals surface area contributed by atoms with Crippen LogP contribution >= 0.6 is 0 Å². The van der Waals surface area contributed by atoms with Crippen molar-refractivity contribution in [3.63, 3.8) is 0 Å². The van der Waals surface area contributed by atoms with Gasteiger partial charge >= 0.3 is 0 Å². The number of sulfonamides is 1. The van der Waals surface area contributed by atoms with Crippen molar-refractivity contribution >= 4 is 15.7 Å². The Labute approximate surface area is 97.1 Å². The minimum absolute atomic E-state index is 0.308. The van der Waals surface area contributed by atoms with Gasteiger partial charge < -0.3 is 5.32 Å². The van der Waals surface area contributed by atoms with Crippen molar-refractivity contribution in [2.75, 3.05) is 18.9 Å². The van der Waals surface area contributed by atoms with E-state index in [-0.39, 0.29) is 0 Å². The summed E-state index contributed by atoms with van der Waals surface area (Å²) in [5.74, 6) is 0. The Kier molecular flexibility index (Phi) is 4.76. The molecule has 0 heterocycles. The molecule has 16 heavy (non-hydrogen) atoms. The Balaban J connectivity index is 2.74. The first-order valence-corrected chi connectivity index (χ1v) is 6.86. The Morgan fingerprint density at radius 2 is 1.81 bits per heavy atom. The molecule has 0 unspecified atom stereocenters. The van der Waals surface area contributed by atoms with E-state index >= 15 is 0 Å². The summed E-state index contributed by atoms with van der Waals surface area (Å²) in [4.78, 5) is 0.308. The summed E-state index contributed by atoms with van der Waals surface area (Å²) in [5, 5.41) is 2.94. The van der Waals surface area contributed by atoms with Gasteiger partial charge in [0.2, 0.25) is 10.0 Å². The number of hydrogen-bond acceptors (Lipinski definition) is 3. The van der Waals surface area contributed by atoms with Crippen LogP contribution in [0.3, 0.4) is 0 Å². The first-order chi connectivity index (χ1) is 7.60. The monoisotopic (exact) mass is 242 g/mol. The van der Waals surface area contributed by atoms with Crippen LogP contribution in [0.25, 0.3) is 0 Å². The molecule has 0 saturated heterocycles. The van der Waals surface area contributed by atoms with Crippen LogP contribution in [0.5, 0.6) is 0 Å². The third kappa shape index (κ3) is 3.50. The van der Waals surface area contributed by atoms with Crippen molar-refractivity contribution in [2.24, 2.45) is 0 Å². The zero-order chi connectivity index (χ0) is 12.0. The van der Waals surface area contributed by atoms with Gasteiger partial charge in [0.1, 0.15) is 0 Å². The maximum atomic E-state index is 11.8. The van der Waals surface area contributed by atoms with E-state index in [4.69, 9.17) is 0 Å². The van der Waals surface area contributed by atoms with Crippen LogP contribution in [0.4, 0.5) is 5.69 Å². The van der Waals surface area contributed by atoms with Crippen molar-refractivity contribution in [1.82, 2.24) is 4.72 Å². The topological polar surface area (TPSA) is 58.2 Å². The summed E-state index contributed by atoms with van der Waals surface area (Å²) in [6, 6.07) is 6.68. The maximum absolute atomic E-state index is 11.8. The molecule has 0 aromatic heterocycles. The molecule has 90 valence electrons. The summed E-state index contributed by atoms with van der Waals surface area (Å²) >= 11 is 0. The molecule has 1 aromatic rings. The van der Waals surface area contributed by atoms with Crippen molar-refractivity contribution in [2.45, 2.75) is 24.7 Å². The quantitative estimate of drug-likeness (QED) is 0.748. The van der Waals surface area contributed by atoms with Gasteiger partial charge in [0.25, 0.3) is 0 Å². The highest BCUT2D eigenvalue weighted by atomic mass is 32.2. The number of unbranched alkanes of at least 4 members (excludes halogenated alkanes) is 1. The van der Waals surface area contributed by atoms with E-state index in [1.165, 1.54) is 0 Å². The van der Waals surface area contributed by atoms with Crippen LogP contribution in [0, 0.1) is 0 Å². The Hall–Kier alpha value is -1.07. The standard InChI is InChI=1S/C11H18N2O2S/c1-3-4-9-13-16(14,15)11-7-5-10(12-2)6-8-11/h5-8,12-13H,3-4,9H2,1-2H3. The summed E-state index contributed by atoms with van der Waals surface area (Å²) in [7, 11) is -1.54. The van der Waals surface area contributed by atoms with Crippen molar-refractivity contribution in [3.8, 4) is 0 Å². The van der Waals surface area contributed by atoms with Gasteiger partial charge in [-0.05, 0) is 30.7 Å². The molecule has 0 fully saturated rings. The van der Waals surface area contributed by atoms with Crippen LogP contribution in [-0.2, 0) is 10.0 Å². The van der Waals surface area contributed by atoms with Crippen LogP contribution in [0.15, 0.2) is 29.2 Å². The van der Waals surface area contributed by atoms with Gasteiger partial charge in [-0.2, -0.15) is 0 Å². The molecule has 0 spiro atoms. The molecular formula is C11H18N2O2S. The fraction of sp³-hybridized carbons (Fsp3) is 0.455. The Morgan fingerprint density at radius 3 is 2.31 bits per heavy atom. The molecule has 2 N–H and O–H groups in total. The zero-order valence-electron chi connectivity index (χ0n) is 9.66. The molecule has 0 aliphatic heterocycles. The van der Waals surface area contributed by atoms with Crippen LogP contribution in [0.1, 0.15) is 19.8 Å². The van der Waals surface area contributed by atoms with E-state index in [0.29, 0.717) is 11.4 Å². The number of anilines is 1. The Bertz CT molecular complexity index is 412. The van der Waals surface area contributed by atoms with E-state index in [2.05, 4.69) is 10.0 Å². The minimum Gasteiger partial charge on any atom is -0.388 e. The normalized spacial score (nSPS) is 11.4. The molecule has 0 bridgehead atoms. The summed E-state index contributed by atoms with van der Waals surface area (Å²) in [6.45, 7) is 2.52. The number of benzene rings is 1. The third-order valence-electron chi connectivity index (χ3n) is 2.28. The largest absolute Gasteiger partial charge is 0.388 e. The molecule has 0 aliphatic carbocycles. The average molecular weight is 242 g/mol. The second-order valence-electron chi connectivity index (χ2n) is 3.53. The van der Waals surface area contributed by atoms with Crippen LogP contribution in [-0.4, -0.2) is 22.0 Å². The lowest BCUT2D eigenvalue weighted by Gasteiger charge is -2.06. The van der Waals surface area contributed by atoms with E-state index < -0.39 is 10.0 Å². The van der Waals surface area contributed by atoms with Crippen molar-refractivity contribution < 1.29 is 8.42 Å². The van der Waals surface area contributed by atoms with Crippen LogP contribution in [0.2, 0.25) is 0 Å². The molecule has 1 aromatic carbocycles. The second-order valence-corrected chi connectivity index (χ2v) is 5.29. The lowest BCUT2D eigenvalue weighted by molar-refractivity contribution is 0.578. The molecular weight excluding hydrogens is 224 g/mol. The summed E-state index contributed by atoms with van der Waals surface area (Å²) < 4.78 is 26.1. The van der Waals surface area contributed by atoms with E-state index in [1.54, 1.807) is 31.3 Å². The molecule has 1 rings (SSSR count). The molecule has 4 nitrogen and oxygen atoms in total. The molecule has 5 heteroatoms. The zero-order valence-corrected chi connectivity index (χ0v) is 10.5. The molecule has 0 amide bonds.